The molecule has 1 aromatic carbocycles. The third kappa shape index (κ3) is 3.44. The third-order valence-corrected chi connectivity index (χ3v) is 3.17. The summed E-state index contributed by atoms with van der Waals surface area (Å²) in [5, 5.41) is 0. The van der Waals surface area contributed by atoms with Gasteiger partial charge in [-0.25, -0.2) is 0 Å². The van der Waals surface area contributed by atoms with Gasteiger partial charge in [0.1, 0.15) is 0 Å². The monoisotopic (exact) mass is 268 g/mol. The maximum Gasteiger partial charge on any atom is 0.229 e. The normalized spacial score (nSPS) is 10.6. The number of anilines is 1. The second-order valence-electron chi connectivity index (χ2n) is 5.28. The molecule has 0 saturated heterocycles. The minimum atomic E-state index is -0.0343. The molecule has 0 aliphatic carbocycles. The Labute approximate surface area is 120 Å². The van der Waals surface area contributed by atoms with Gasteiger partial charge in [0.05, 0.1) is 6.54 Å². The molecule has 0 spiro atoms. The summed E-state index contributed by atoms with van der Waals surface area (Å²) in [5.74, 6) is 0.0886. The molecule has 0 aliphatic heterocycles. The fraction of sp³-hybridized carbons (Fsp3) is 0.294. The Balaban J connectivity index is 2.30. The maximum atomic E-state index is 12.4. The summed E-state index contributed by atoms with van der Waals surface area (Å²) in [6.07, 6.45) is 3.54. The van der Waals surface area contributed by atoms with E-state index in [4.69, 9.17) is 0 Å². The molecule has 3 heteroatoms. The van der Waals surface area contributed by atoms with Crippen molar-refractivity contribution in [3.63, 3.8) is 0 Å². The maximum absolute atomic E-state index is 12.4. The van der Waals surface area contributed by atoms with Crippen LogP contribution in [0.4, 0.5) is 5.69 Å². The predicted octanol–water partition coefficient (Wildman–Crippen LogP) is 3.58. The van der Waals surface area contributed by atoms with E-state index in [-0.39, 0.29) is 11.8 Å². The van der Waals surface area contributed by atoms with Crippen LogP contribution in [0.3, 0.4) is 0 Å². The molecule has 0 unspecified atom stereocenters. The van der Waals surface area contributed by atoms with Crippen molar-refractivity contribution in [1.82, 2.24) is 4.98 Å². The van der Waals surface area contributed by atoms with Gasteiger partial charge in [0.25, 0.3) is 0 Å². The zero-order chi connectivity index (χ0) is 14.5. The summed E-state index contributed by atoms with van der Waals surface area (Å²) in [7, 11) is 0. The first-order valence-electron chi connectivity index (χ1n) is 6.85. The van der Waals surface area contributed by atoms with Gasteiger partial charge in [-0.15, -0.1) is 0 Å². The van der Waals surface area contributed by atoms with Gasteiger partial charge in [-0.2, -0.15) is 0 Å². The van der Waals surface area contributed by atoms with E-state index in [1.165, 1.54) is 5.56 Å². The number of hydrogen-bond donors (Lipinski definition) is 0. The van der Waals surface area contributed by atoms with Crippen molar-refractivity contribution in [1.29, 1.82) is 0 Å². The summed E-state index contributed by atoms with van der Waals surface area (Å²) in [6.45, 7) is 6.44. The molecule has 1 heterocycles. The molecule has 2 aromatic rings. The number of amides is 1. The lowest BCUT2D eigenvalue weighted by Crippen LogP contribution is -2.33. The van der Waals surface area contributed by atoms with E-state index in [0.29, 0.717) is 6.54 Å². The van der Waals surface area contributed by atoms with Crippen LogP contribution in [0.2, 0.25) is 0 Å². The fourth-order valence-electron chi connectivity index (χ4n) is 2.01. The van der Waals surface area contributed by atoms with Crippen LogP contribution < -0.4 is 4.90 Å². The lowest BCUT2D eigenvalue weighted by atomic mass is 10.1. The zero-order valence-corrected chi connectivity index (χ0v) is 12.2. The van der Waals surface area contributed by atoms with Crippen LogP contribution in [0.1, 0.15) is 25.0 Å². The second-order valence-corrected chi connectivity index (χ2v) is 5.28. The largest absolute Gasteiger partial charge is 0.308 e. The Hall–Kier alpha value is -2.16. The number of carbonyl (C=O) groups is 1. The van der Waals surface area contributed by atoms with Gasteiger partial charge in [-0.05, 0) is 30.7 Å². The smallest absolute Gasteiger partial charge is 0.229 e. The topological polar surface area (TPSA) is 33.2 Å². The molecule has 20 heavy (non-hydrogen) atoms. The van der Waals surface area contributed by atoms with Crippen LogP contribution in [0, 0.1) is 12.8 Å². The van der Waals surface area contributed by atoms with Crippen molar-refractivity contribution in [2.24, 2.45) is 5.92 Å². The Bertz CT molecular complexity index is 561. The predicted molar refractivity (Wildman–Crippen MR) is 81.4 cm³/mol. The lowest BCUT2D eigenvalue weighted by Gasteiger charge is -2.25. The molecule has 0 radical (unpaired) electrons. The number of rotatable bonds is 4. The number of aryl methyl sites for hydroxylation is 1. The average molecular weight is 268 g/mol. The molecule has 2 rings (SSSR count). The van der Waals surface area contributed by atoms with E-state index >= 15 is 0 Å². The van der Waals surface area contributed by atoms with E-state index < -0.39 is 0 Å². The van der Waals surface area contributed by atoms with Gasteiger partial charge in [-0.3, -0.25) is 9.78 Å². The van der Waals surface area contributed by atoms with Crippen molar-refractivity contribution in [3.05, 3.63) is 59.9 Å². The van der Waals surface area contributed by atoms with Gasteiger partial charge < -0.3 is 4.90 Å². The molecule has 1 aromatic heterocycles. The van der Waals surface area contributed by atoms with E-state index in [1.54, 1.807) is 12.4 Å². The number of aromatic nitrogens is 1. The molecular weight excluding hydrogens is 248 g/mol. The van der Waals surface area contributed by atoms with Crippen LogP contribution >= 0.6 is 0 Å². The lowest BCUT2D eigenvalue weighted by molar-refractivity contribution is -0.121. The Morgan fingerprint density at radius 1 is 1.20 bits per heavy atom. The van der Waals surface area contributed by atoms with Crippen molar-refractivity contribution in [2.45, 2.75) is 27.3 Å². The number of nitrogens with zero attached hydrogens (tertiary/aromatic N) is 2. The van der Waals surface area contributed by atoms with Crippen LogP contribution in [0.15, 0.2) is 48.8 Å². The van der Waals surface area contributed by atoms with E-state index in [9.17, 15) is 4.79 Å². The zero-order valence-electron chi connectivity index (χ0n) is 12.2. The Morgan fingerprint density at radius 2 is 1.90 bits per heavy atom. The number of pyridine rings is 1. The van der Waals surface area contributed by atoms with E-state index in [0.717, 1.165) is 11.3 Å². The van der Waals surface area contributed by atoms with Crippen molar-refractivity contribution >= 4 is 11.6 Å². The van der Waals surface area contributed by atoms with Gasteiger partial charge >= 0.3 is 0 Å². The highest BCUT2D eigenvalue weighted by atomic mass is 16.2. The quantitative estimate of drug-likeness (QED) is 0.849. The third-order valence-electron chi connectivity index (χ3n) is 3.17. The minimum Gasteiger partial charge on any atom is -0.308 e. The molecule has 0 saturated carbocycles. The Morgan fingerprint density at radius 3 is 2.45 bits per heavy atom. The van der Waals surface area contributed by atoms with Gasteiger partial charge in [0, 0.05) is 24.0 Å². The summed E-state index contributed by atoms with van der Waals surface area (Å²) in [4.78, 5) is 18.4. The standard InChI is InChI=1S/C17H20N2O/c1-13(2)17(20)19(12-15-5-4-10-18-11-15)16-8-6-14(3)7-9-16/h4-11,13H,12H2,1-3H3. The molecule has 104 valence electrons. The second kappa shape index (κ2) is 6.33. The number of hydrogen-bond acceptors (Lipinski definition) is 2. The summed E-state index contributed by atoms with van der Waals surface area (Å²) in [5.41, 5.74) is 3.15. The van der Waals surface area contributed by atoms with Gasteiger partial charge in [0.15, 0.2) is 0 Å². The highest BCUT2D eigenvalue weighted by Crippen LogP contribution is 2.20. The minimum absolute atomic E-state index is 0.0343. The highest BCUT2D eigenvalue weighted by Gasteiger charge is 2.19. The average Bonchev–Trinajstić information content (AvgIpc) is 2.46. The number of carbonyl (C=O) groups excluding carboxylic acids is 1. The molecule has 3 nitrogen and oxygen atoms in total. The molecule has 0 atom stereocenters. The molecule has 0 N–H and O–H groups in total. The number of benzene rings is 1. The molecule has 0 fully saturated rings. The van der Waals surface area contributed by atoms with Crippen LogP contribution in [-0.4, -0.2) is 10.9 Å². The first-order valence-corrected chi connectivity index (χ1v) is 6.85. The van der Waals surface area contributed by atoms with Crippen molar-refractivity contribution in [3.8, 4) is 0 Å². The summed E-state index contributed by atoms with van der Waals surface area (Å²) >= 11 is 0. The van der Waals surface area contributed by atoms with Crippen molar-refractivity contribution in [2.75, 3.05) is 4.90 Å². The first-order chi connectivity index (χ1) is 9.58. The van der Waals surface area contributed by atoms with Crippen LogP contribution in [0.5, 0.6) is 0 Å². The molecule has 0 aliphatic rings. The Kier molecular flexibility index (Phi) is 4.51. The summed E-state index contributed by atoms with van der Waals surface area (Å²) < 4.78 is 0. The van der Waals surface area contributed by atoms with Gasteiger partial charge in [0.2, 0.25) is 5.91 Å². The van der Waals surface area contributed by atoms with E-state index in [2.05, 4.69) is 4.98 Å². The molecule has 1 amide bonds. The van der Waals surface area contributed by atoms with Crippen LogP contribution in [-0.2, 0) is 11.3 Å². The first kappa shape index (κ1) is 14.3. The summed E-state index contributed by atoms with van der Waals surface area (Å²) in [6, 6.07) is 11.9. The van der Waals surface area contributed by atoms with Gasteiger partial charge in [-0.1, -0.05) is 37.6 Å². The SMILES string of the molecule is Cc1ccc(N(Cc2cccnc2)C(=O)C(C)C)cc1. The van der Waals surface area contributed by atoms with E-state index in [1.807, 2.05) is 62.1 Å². The highest BCUT2D eigenvalue weighted by molar-refractivity contribution is 5.94. The molecular formula is C17H20N2O. The molecule has 0 bridgehead atoms. The fourth-order valence-corrected chi connectivity index (χ4v) is 2.01. The van der Waals surface area contributed by atoms with Crippen molar-refractivity contribution < 1.29 is 4.79 Å². The van der Waals surface area contributed by atoms with Crippen LogP contribution in [0.25, 0.3) is 0 Å².